The molecule has 0 aromatic heterocycles. The zero-order valence-electron chi connectivity index (χ0n) is 15.0. The summed E-state index contributed by atoms with van der Waals surface area (Å²) in [7, 11) is 0. The molecule has 2 aromatic carbocycles. The molecule has 2 nitrogen and oxygen atoms in total. The van der Waals surface area contributed by atoms with Crippen molar-refractivity contribution in [1.29, 1.82) is 0 Å². The lowest BCUT2D eigenvalue weighted by molar-refractivity contribution is 0.100. The average Bonchev–Trinajstić information content (AvgIpc) is 3.41. The van der Waals surface area contributed by atoms with Crippen LogP contribution in [0.5, 0.6) is 11.5 Å². The van der Waals surface area contributed by atoms with E-state index < -0.39 is 0 Å². The summed E-state index contributed by atoms with van der Waals surface area (Å²) in [6, 6.07) is 16.0. The van der Waals surface area contributed by atoms with Gasteiger partial charge in [0.15, 0.2) is 0 Å². The molecule has 0 saturated heterocycles. The Balaban J connectivity index is 1.52. The van der Waals surface area contributed by atoms with Gasteiger partial charge in [0.1, 0.15) is 11.5 Å². The van der Waals surface area contributed by atoms with Gasteiger partial charge in [-0.3, -0.25) is 0 Å². The maximum atomic E-state index is 9.83. The second kappa shape index (κ2) is 5.06. The van der Waals surface area contributed by atoms with E-state index in [9.17, 15) is 10.2 Å². The fraction of sp³-hybridized carbons (Fsp3) is 0.500. The Morgan fingerprint density at radius 3 is 1.77 bits per heavy atom. The van der Waals surface area contributed by atoms with E-state index in [2.05, 4.69) is 24.3 Å². The van der Waals surface area contributed by atoms with Crippen molar-refractivity contribution >= 4 is 0 Å². The van der Waals surface area contributed by atoms with Gasteiger partial charge in [-0.15, -0.1) is 0 Å². The first kappa shape index (κ1) is 15.1. The fourth-order valence-electron chi connectivity index (χ4n) is 7.98. The number of rotatable bonds is 2. The third kappa shape index (κ3) is 1.78. The van der Waals surface area contributed by atoms with Crippen molar-refractivity contribution < 1.29 is 10.2 Å². The van der Waals surface area contributed by atoms with E-state index in [1.165, 1.54) is 43.2 Å². The third-order valence-corrected chi connectivity index (χ3v) is 8.59. The molecule has 2 N–H and O–H groups in total. The second-order valence-electron chi connectivity index (χ2n) is 9.36. The van der Waals surface area contributed by atoms with Gasteiger partial charge in [-0.25, -0.2) is 0 Å². The number of benzene rings is 2. The molecular formula is C24H26O2. The molecule has 6 rings (SSSR count). The molecule has 4 saturated carbocycles. The standard InChI is InChI=1S/C24H26O2/c25-19-7-3-17(4-8-19)24(18-5-9-20(26)10-6-18)13-16-12-21(24)23-15-2-1-14(11-15)22(16)23/h3-10,14-16,21-23,25-26H,1-2,11-13H2. The normalized spacial score (nSPS) is 38.6. The van der Waals surface area contributed by atoms with Crippen LogP contribution >= 0.6 is 0 Å². The Labute approximate surface area is 154 Å². The van der Waals surface area contributed by atoms with Crippen LogP contribution in [0, 0.1) is 35.5 Å². The molecule has 4 bridgehead atoms. The molecule has 2 aromatic rings. The van der Waals surface area contributed by atoms with Crippen molar-refractivity contribution in [2.75, 3.05) is 0 Å². The van der Waals surface area contributed by atoms with Crippen LogP contribution in [0.4, 0.5) is 0 Å². The molecule has 0 amide bonds. The van der Waals surface area contributed by atoms with Gasteiger partial charge < -0.3 is 10.2 Å². The number of hydrogen-bond donors (Lipinski definition) is 2. The van der Waals surface area contributed by atoms with E-state index in [1.54, 1.807) is 0 Å². The van der Waals surface area contributed by atoms with E-state index in [-0.39, 0.29) is 5.41 Å². The lowest BCUT2D eigenvalue weighted by Gasteiger charge is -2.47. The van der Waals surface area contributed by atoms with Crippen LogP contribution in [0.3, 0.4) is 0 Å². The smallest absolute Gasteiger partial charge is 0.115 e. The van der Waals surface area contributed by atoms with Crippen LogP contribution in [0.15, 0.2) is 48.5 Å². The maximum Gasteiger partial charge on any atom is 0.115 e. The Bertz CT molecular complexity index is 792. The molecular weight excluding hydrogens is 320 g/mol. The quantitative estimate of drug-likeness (QED) is 0.744. The SMILES string of the molecule is Oc1ccc(C2(c3ccc(O)cc3)CC3CC2C2C4CCC(C4)C32)cc1. The Morgan fingerprint density at radius 1 is 0.654 bits per heavy atom. The summed E-state index contributed by atoms with van der Waals surface area (Å²) < 4.78 is 0. The maximum absolute atomic E-state index is 9.83. The van der Waals surface area contributed by atoms with Crippen molar-refractivity contribution in [3.05, 3.63) is 59.7 Å². The summed E-state index contributed by atoms with van der Waals surface area (Å²) in [6.07, 6.45) is 6.99. The number of phenols is 2. The van der Waals surface area contributed by atoms with Crippen molar-refractivity contribution in [1.82, 2.24) is 0 Å². The zero-order chi connectivity index (χ0) is 17.5. The summed E-state index contributed by atoms with van der Waals surface area (Å²) >= 11 is 0. The monoisotopic (exact) mass is 346 g/mol. The number of fused-ring (bicyclic) bond motifs is 9. The van der Waals surface area contributed by atoms with Crippen molar-refractivity contribution in [3.8, 4) is 11.5 Å². The molecule has 0 heterocycles. The fourth-order valence-corrected chi connectivity index (χ4v) is 7.98. The van der Waals surface area contributed by atoms with Crippen LogP contribution in [0.1, 0.15) is 43.2 Å². The largest absolute Gasteiger partial charge is 0.508 e. The van der Waals surface area contributed by atoms with E-state index in [0.29, 0.717) is 17.4 Å². The van der Waals surface area contributed by atoms with E-state index in [1.807, 2.05) is 24.3 Å². The van der Waals surface area contributed by atoms with Gasteiger partial charge in [0.25, 0.3) is 0 Å². The number of hydrogen-bond acceptors (Lipinski definition) is 2. The van der Waals surface area contributed by atoms with Gasteiger partial charge in [-0.05, 0) is 103 Å². The highest BCUT2D eigenvalue weighted by Gasteiger charge is 2.67. The molecule has 6 unspecified atom stereocenters. The van der Waals surface area contributed by atoms with Gasteiger partial charge in [0, 0.05) is 5.41 Å². The molecule has 0 spiro atoms. The van der Waals surface area contributed by atoms with Crippen molar-refractivity contribution in [2.45, 2.75) is 37.5 Å². The molecule has 0 radical (unpaired) electrons. The predicted molar refractivity (Wildman–Crippen MR) is 101 cm³/mol. The first-order valence-corrected chi connectivity index (χ1v) is 10.3. The van der Waals surface area contributed by atoms with Crippen LogP contribution in [-0.4, -0.2) is 10.2 Å². The number of aromatic hydroxyl groups is 2. The summed E-state index contributed by atoms with van der Waals surface area (Å²) in [5.41, 5.74) is 2.77. The van der Waals surface area contributed by atoms with Gasteiger partial charge in [0.2, 0.25) is 0 Å². The van der Waals surface area contributed by atoms with E-state index >= 15 is 0 Å². The average molecular weight is 346 g/mol. The highest BCUT2D eigenvalue weighted by Crippen LogP contribution is 2.73. The minimum absolute atomic E-state index is 0.0533. The van der Waals surface area contributed by atoms with Gasteiger partial charge in [-0.1, -0.05) is 24.3 Å². The lowest BCUT2D eigenvalue weighted by atomic mass is 9.56. The van der Waals surface area contributed by atoms with Crippen molar-refractivity contribution in [2.24, 2.45) is 35.5 Å². The third-order valence-electron chi connectivity index (χ3n) is 8.59. The van der Waals surface area contributed by atoms with Gasteiger partial charge >= 0.3 is 0 Å². The molecule has 134 valence electrons. The predicted octanol–water partition coefficient (Wildman–Crippen LogP) is 5.09. The van der Waals surface area contributed by atoms with E-state index in [0.717, 1.165) is 29.6 Å². The summed E-state index contributed by atoms with van der Waals surface area (Å²) in [5.74, 6) is 6.04. The topological polar surface area (TPSA) is 40.5 Å². The Hall–Kier alpha value is -1.96. The van der Waals surface area contributed by atoms with E-state index in [4.69, 9.17) is 0 Å². The number of phenolic OH excluding ortho intramolecular Hbond substituents is 2. The summed E-state index contributed by atoms with van der Waals surface area (Å²) in [6.45, 7) is 0. The minimum atomic E-state index is 0.0533. The minimum Gasteiger partial charge on any atom is -0.508 e. The highest BCUT2D eigenvalue weighted by atomic mass is 16.3. The molecule has 4 aliphatic rings. The first-order valence-electron chi connectivity index (χ1n) is 10.3. The van der Waals surface area contributed by atoms with Gasteiger partial charge in [-0.2, -0.15) is 0 Å². The highest BCUT2D eigenvalue weighted by molar-refractivity contribution is 5.47. The molecule has 0 aliphatic heterocycles. The molecule has 2 heteroatoms. The Kier molecular flexibility index (Phi) is 2.94. The molecule has 6 atom stereocenters. The molecule has 26 heavy (non-hydrogen) atoms. The zero-order valence-corrected chi connectivity index (χ0v) is 15.0. The van der Waals surface area contributed by atoms with Crippen LogP contribution in [-0.2, 0) is 5.41 Å². The van der Waals surface area contributed by atoms with Crippen LogP contribution in [0.2, 0.25) is 0 Å². The van der Waals surface area contributed by atoms with Crippen molar-refractivity contribution in [3.63, 3.8) is 0 Å². The Morgan fingerprint density at radius 2 is 1.19 bits per heavy atom. The molecule has 4 fully saturated rings. The first-order chi connectivity index (χ1) is 12.7. The van der Waals surface area contributed by atoms with Crippen LogP contribution in [0.25, 0.3) is 0 Å². The summed E-state index contributed by atoms with van der Waals surface area (Å²) in [5, 5.41) is 19.7. The second-order valence-corrected chi connectivity index (χ2v) is 9.36. The van der Waals surface area contributed by atoms with Crippen LogP contribution < -0.4 is 0 Å². The van der Waals surface area contributed by atoms with Gasteiger partial charge in [0.05, 0.1) is 0 Å². The lowest BCUT2D eigenvalue weighted by Crippen LogP contribution is -2.43. The summed E-state index contributed by atoms with van der Waals surface area (Å²) in [4.78, 5) is 0. The molecule has 4 aliphatic carbocycles.